The van der Waals surface area contributed by atoms with Crippen LogP contribution >= 0.6 is 0 Å². The molecule has 0 aromatic heterocycles. The van der Waals surface area contributed by atoms with Crippen molar-refractivity contribution in [2.75, 3.05) is 0 Å². The van der Waals surface area contributed by atoms with Gasteiger partial charge in [-0.05, 0) is 25.0 Å². The number of carbonyl (C=O) groups excluding carboxylic acids is 1. The fourth-order valence-corrected chi connectivity index (χ4v) is 1.23. The largest absolute Gasteiger partial charge is 0.307 e. The summed E-state index contributed by atoms with van der Waals surface area (Å²) in [5, 5.41) is 0. The van der Waals surface area contributed by atoms with Crippen molar-refractivity contribution in [2.45, 2.75) is 26.7 Å². The maximum absolute atomic E-state index is 12.8. The van der Waals surface area contributed by atoms with Gasteiger partial charge in [0.1, 0.15) is 0 Å². The van der Waals surface area contributed by atoms with Crippen LogP contribution in [0, 0.1) is 13.8 Å². The molecule has 0 aliphatic rings. The number of hydrogen-bond donors (Lipinski definition) is 0. The lowest BCUT2D eigenvalue weighted by atomic mass is 9.98. The maximum atomic E-state index is 12.8. The molecule has 1 nitrogen and oxygen atoms in total. The normalized spacial score (nSPS) is 11.5. The van der Waals surface area contributed by atoms with Gasteiger partial charge in [0.15, 0.2) is 0 Å². The molecule has 1 aromatic rings. The molecule has 0 unspecified atom stereocenters. The zero-order valence-electron chi connectivity index (χ0n) is 8.40. The second kappa shape index (κ2) is 3.48. The number of Topliss-reactive ketones (excluding diaryl/α,β-unsaturated/α-hetero) is 1. The molecule has 0 fully saturated rings. The summed E-state index contributed by atoms with van der Waals surface area (Å²) in [5.41, 5.74) is 1.58. The molecule has 0 heterocycles. The Labute approximate surface area is 81.7 Å². The van der Waals surface area contributed by atoms with Crippen molar-refractivity contribution in [3.63, 3.8) is 0 Å². The zero-order chi connectivity index (χ0) is 10.9. The minimum absolute atomic E-state index is 0.109. The number of carbonyl (C=O) groups is 1. The Hall–Kier alpha value is -1.25. The van der Waals surface area contributed by atoms with Gasteiger partial charge in [0.2, 0.25) is 5.78 Å². The standard InChI is InChI=1S/C11H12F2O/c1-7-5-4-6-9(8(7)2)10(14)11(3,12)13/h4-6H,1-3H3. The first-order valence-electron chi connectivity index (χ1n) is 4.33. The molecule has 0 aliphatic heterocycles. The summed E-state index contributed by atoms with van der Waals surface area (Å²) >= 11 is 0. The Balaban J connectivity index is 3.21. The van der Waals surface area contributed by atoms with E-state index in [9.17, 15) is 13.6 Å². The Morgan fingerprint density at radius 3 is 2.36 bits per heavy atom. The summed E-state index contributed by atoms with van der Waals surface area (Å²) in [6, 6.07) is 4.84. The number of halogens is 2. The van der Waals surface area contributed by atoms with Gasteiger partial charge in [0.05, 0.1) is 0 Å². The first-order valence-corrected chi connectivity index (χ1v) is 4.33. The molecular formula is C11H12F2O. The lowest BCUT2D eigenvalue weighted by Crippen LogP contribution is -2.25. The average Bonchev–Trinajstić information content (AvgIpc) is 2.07. The van der Waals surface area contributed by atoms with Crippen molar-refractivity contribution in [2.24, 2.45) is 0 Å². The van der Waals surface area contributed by atoms with Crippen molar-refractivity contribution >= 4 is 5.78 Å². The van der Waals surface area contributed by atoms with Crippen LogP contribution in [0.3, 0.4) is 0 Å². The summed E-state index contributed by atoms with van der Waals surface area (Å²) in [6.45, 7) is 4.09. The Kier molecular flexibility index (Phi) is 2.69. The van der Waals surface area contributed by atoms with Gasteiger partial charge in [0, 0.05) is 12.5 Å². The third kappa shape index (κ3) is 1.97. The quantitative estimate of drug-likeness (QED) is 0.667. The van der Waals surface area contributed by atoms with E-state index in [0.717, 1.165) is 5.56 Å². The molecule has 3 heteroatoms. The van der Waals surface area contributed by atoms with E-state index < -0.39 is 11.7 Å². The molecular weight excluding hydrogens is 186 g/mol. The van der Waals surface area contributed by atoms with Crippen molar-refractivity contribution in [3.8, 4) is 0 Å². The molecule has 0 amide bonds. The Morgan fingerprint density at radius 1 is 1.29 bits per heavy atom. The van der Waals surface area contributed by atoms with Gasteiger partial charge < -0.3 is 0 Å². The molecule has 0 saturated heterocycles. The maximum Gasteiger partial charge on any atom is 0.307 e. The second-order valence-corrected chi connectivity index (χ2v) is 3.46. The Morgan fingerprint density at radius 2 is 1.86 bits per heavy atom. The van der Waals surface area contributed by atoms with Crippen LogP contribution < -0.4 is 0 Å². The van der Waals surface area contributed by atoms with Gasteiger partial charge in [-0.2, -0.15) is 8.78 Å². The van der Waals surface area contributed by atoms with E-state index in [1.54, 1.807) is 26.0 Å². The number of rotatable bonds is 2. The molecule has 0 aliphatic carbocycles. The van der Waals surface area contributed by atoms with E-state index in [0.29, 0.717) is 12.5 Å². The van der Waals surface area contributed by atoms with Crippen LogP contribution in [0.4, 0.5) is 8.78 Å². The summed E-state index contributed by atoms with van der Waals surface area (Å²) in [7, 11) is 0. The predicted octanol–water partition coefficient (Wildman–Crippen LogP) is 3.14. The van der Waals surface area contributed by atoms with Gasteiger partial charge in [-0.25, -0.2) is 0 Å². The van der Waals surface area contributed by atoms with Crippen LogP contribution in [0.5, 0.6) is 0 Å². The van der Waals surface area contributed by atoms with E-state index in [1.807, 2.05) is 0 Å². The van der Waals surface area contributed by atoms with Crippen LogP contribution in [0.25, 0.3) is 0 Å². The van der Waals surface area contributed by atoms with Gasteiger partial charge in [0.25, 0.3) is 0 Å². The highest BCUT2D eigenvalue weighted by molar-refractivity contribution is 6.02. The molecule has 14 heavy (non-hydrogen) atoms. The number of aryl methyl sites for hydroxylation is 1. The van der Waals surface area contributed by atoms with Gasteiger partial charge >= 0.3 is 5.92 Å². The lowest BCUT2D eigenvalue weighted by Gasteiger charge is -2.12. The number of hydrogen-bond acceptors (Lipinski definition) is 1. The number of alkyl halides is 2. The first kappa shape index (κ1) is 10.8. The minimum Gasteiger partial charge on any atom is -0.287 e. The number of ketones is 1. The van der Waals surface area contributed by atoms with Crippen molar-refractivity contribution < 1.29 is 13.6 Å². The second-order valence-electron chi connectivity index (χ2n) is 3.46. The van der Waals surface area contributed by atoms with Gasteiger partial charge in [-0.3, -0.25) is 4.79 Å². The van der Waals surface area contributed by atoms with E-state index >= 15 is 0 Å². The van der Waals surface area contributed by atoms with Crippen molar-refractivity contribution in [1.29, 1.82) is 0 Å². The van der Waals surface area contributed by atoms with Crippen molar-refractivity contribution in [3.05, 3.63) is 34.9 Å². The van der Waals surface area contributed by atoms with Crippen LogP contribution in [-0.2, 0) is 0 Å². The van der Waals surface area contributed by atoms with E-state index in [4.69, 9.17) is 0 Å². The predicted molar refractivity (Wildman–Crippen MR) is 50.9 cm³/mol. The zero-order valence-corrected chi connectivity index (χ0v) is 8.40. The Bertz CT molecular complexity index is 364. The van der Waals surface area contributed by atoms with Gasteiger partial charge in [-0.1, -0.05) is 18.2 Å². The smallest absolute Gasteiger partial charge is 0.287 e. The molecule has 0 radical (unpaired) electrons. The van der Waals surface area contributed by atoms with Crippen LogP contribution in [-0.4, -0.2) is 11.7 Å². The minimum atomic E-state index is -3.29. The molecule has 0 spiro atoms. The third-order valence-corrected chi connectivity index (χ3v) is 2.25. The molecule has 1 rings (SSSR count). The first-order chi connectivity index (χ1) is 6.34. The summed E-state index contributed by atoms with van der Waals surface area (Å²) in [6.07, 6.45) is 0. The van der Waals surface area contributed by atoms with Crippen molar-refractivity contribution in [1.82, 2.24) is 0 Å². The fraction of sp³-hybridized carbons (Fsp3) is 0.364. The van der Waals surface area contributed by atoms with E-state index in [1.165, 1.54) is 6.07 Å². The summed E-state index contributed by atoms with van der Waals surface area (Å²) < 4.78 is 25.5. The van der Waals surface area contributed by atoms with Gasteiger partial charge in [-0.15, -0.1) is 0 Å². The summed E-state index contributed by atoms with van der Waals surface area (Å²) in [4.78, 5) is 11.3. The topological polar surface area (TPSA) is 17.1 Å². The highest BCUT2D eigenvalue weighted by Gasteiger charge is 2.33. The molecule has 0 saturated carbocycles. The molecule has 1 aromatic carbocycles. The highest BCUT2D eigenvalue weighted by Crippen LogP contribution is 2.22. The highest BCUT2D eigenvalue weighted by atomic mass is 19.3. The number of benzene rings is 1. The lowest BCUT2D eigenvalue weighted by molar-refractivity contribution is 0.0221. The van der Waals surface area contributed by atoms with Crippen LogP contribution in [0.15, 0.2) is 18.2 Å². The monoisotopic (exact) mass is 198 g/mol. The SMILES string of the molecule is Cc1cccc(C(=O)C(C)(F)F)c1C. The van der Waals surface area contributed by atoms with Crippen LogP contribution in [0.2, 0.25) is 0 Å². The average molecular weight is 198 g/mol. The molecule has 0 bridgehead atoms. The van der Waals surface area contributed by atoms with E-state index in [2.05, 4.69) is 0 Å². The van der Waals surface area contributed by atoms with Crippen LogP contribution in [0.1, 0.15) is 28.4 Å². The summed E-state index contributed by atoms with van der Waals surface area (Å²) in [5.74, 6) is -4.41. The molecule has 0 atom stereocenters. The molecule has 0 N–H and O–H groups in total. The van der Waals surface area contributed by atoms with E-state index in [-0.39, 0.29) is 5.56 Å². The molecule has 76 valence electrons. The third-order valence-electron chi connectivity index (χ3n) is 2.25. The fourth-order valence-electron chi connectivity index (χ4n) is 1.23.